The van der Waals surface area contributed by atoms with E-state index in [4.69, 9.17) is 16.6 Å². The van der Waals surface area contributed by atoms with Gasteiger partial charge in [-0.1, -0.05) is 17.7 Å². The third-order valence-electron chi connectivity index (χ3n) is 5.54. The van der Waals surface area contributed by atoms with Gasteiger partial charge in [-0.3, -0.25) is 18.5 Å². The Morgan fingerprint density at radius 2 is 1.86 bits per heavy atom. The van der Waals surface area contributed by atoms with Gasteiger partial charge in [-0.2, -0.15) is 4.98 Å². The maximum absolute atomic E-state index is 14.5. The summed E-state index contributed by atoms with van der Waals surface area (Å²) < 4.78 is 18.8. The van der Waals surface area contributed by atoms with Gasteiger partial charge in [0.25, 0.3) is 5.56 Å². The van der Waals surface area contributed by atoms with Gasteiger partial charge in [-0.25, -0.2) is 9.18 Å². The number of rotatable bonds is 4. The number of fused-ring (bicyclic) bond motifs is 1. The van der Waals surface area contributed by atoms with Crippen LogP contribution < -0.4 is 16.1 Å². The molecule has 1 fully saturated rings. The molecular weight excluding hydrogens is 397 g/mol. The second-order valence-corrected chi connectivity index (χ2v) is 7.72. The Morgan fingerprint density at radius 3 is 2.52 bits per heavy atom. The zero-order chi connectivity index (χ0) is 20.7. The first kappa shape index (κ1) is 19.7. The molecule has 1 aliphatic rings. The Bertz CT molecular complexity index is 1170. The molecule has 0 aliphatic carbocycles. The molecule has 3 aromatic rings. The lowest BCUT2D eigenvalue weighted by Gasteiger charge is -2.28. The van der Waals surface area contributed by atoms with E-state index < -0.39 is 17.1 Å². The predicted octanol–water partition coefficient (Wildman–Crippen LogP) is 2.75. The number of nitrogens with zero attached hydrogens (tertiary/aromatic N) is 5. The number of benzene rings is 1. The van der Waals surface area contributed by atoms with Crippen LogP contribution in [0.3, 0.4) is 0 Å². The summed E-state index contributed by atoms with van der Waals surface area (Å²) in [7, 11) is 1.45. The van der Waals surface area contributed by atoms with Crippen LogP contribution in [0.15, 0.2) is 27.8 Å². The number of halogens is 2. The molecule has 0 N–H and O–H groups in total. The van der Waals surface area contributed by atoms with Crippen molar-refractivity contribution in [3.63, 3.8) is 0 Å². The number of imidazole rings is 1. The summed E-state index contributed by atoms with van der Waals surface area (Å²) in [5.74, 6) is 0.133. The summed E-state index contributed by atoms with van der Waals surface area (Å²) in [6.07, 6.45) is 3.17. The van der Waals surface area contributed by atoms with Crippen LogP contribution in [0.4, 0.5) is 10.3 Å². The number of piperidine rings is 1. The van der Waals surface area contributed by atoms with Crippen LogP contribution in [0, 0.1) is 5.82 Å². The van der Waals surface area contributed by atoms with E-state index in [0.717, 1.165) is 36.9 Å². The molecule has 2 aromatic heterocycles. The lowest BCUT2D eigenvalue weighted by Crippen LogP contribution is -2.38. The fourth-order valence-electron chi connectivity index (χ4n) is 3.96. The van der Waals surface area contributed by atoms with Crippen molar-refractivity contribution in [2.24, 2.45) is 7.05 Å². The molecular formula is C20H23ClFN5O2. The maximum Gasteiger partial charge on any atom is 0.332 e. The van der Waals surface area contributed by atoms with E-state index in [1.807, 2.05) is 6.92 Å². The van der Waals surface area contributed by atoms with Crippen molar-refractivity contribution in [2.45, 2.75) is 39.3 Å². The van der Waals surface area contributed by atoms with Crippen molar-refractivity contribution in [3.8, 4) is 0 Å². The molecule has 0 unspecified atom stereocenters. The lowest BCUT2D eigenvalue weighted by molar-refractivity contribution is 0.556. The quantitative estimate of drug-likeness (QED) is 0.652. The van der Waals surface area contributed by atoms with Crippen LogP contribution in [0.2, 0.25) is 5.02 Å². The minimum absolute atomic E-state index is 0.0605. The number of hydrogen-bond donors (Lipinski definition) is 0. The average molecular weight is 420 g/mol. The summed E-state index contributed by atoms with van der Waals surface area (Å²) in [4.78, 5) is 32.4. The Morgan fingerprint density at radius 1 is 1.14 bits per heavy atom. The minimum Gasteiger partial charge on any atom is -0.342 e. The van der Waals surface area contributed by atoms with Crippen LogP contribution in [-0.2, 0) is 20.1 Å². The molecule has 0 bridgehead atoms. The first-order valence-corrected chi connectivity index (χ1v) is 10.2. The molecule has 154 valence electrons. The highest BCUT2D eigenvalue weighted by molar-refractivity contribution is 6.31. The Balaban J connectivity index is 2.03. The van der Waals surface area contributed by atoms with Crippen molar-refractivity contribution in [2.75, 3.05) is 18.0 Å². The van der Waals surface area contributed by atoms with Crippen molar-refractivity contribution in [1.82, 2.24) is 18.7 Å². The molecule has 7 nitrogen and oxygen atoms in total. The topological polar surface area (TPSA) is 65.1 Å². The summed E-state index contributed by atoms with van der Waals surface area (Å²) in [6.45, 7) is 3.86. The smallest absolute Gasteiger partial charge is 0.332 e. The van der Waals surface area contributed by atoms with Crippen LogP contribution in [-0.4, -0.2) is 31.8 Å². The average Bonchev–Trinajstić information content (AvgIpc) is 3.09. The van der Waals surface area contributed by atoms with E-state index in [2.05, 4.69) is 4.90 Å². The molecule has 1 aromatic carbocycles. The van der Waals surface area contributed by atoms with Crippen LogP contribution in [0.1, 0.15) is 31.7 Å². The molecule has 1 saturated heterocycles. The van der Waals surface area contributed by atoms with Crippen LogP contribution in [0.25, 0.3) is 11.2 Å². The molecule has 9 heteroatoms. The summed E-state index contributed by atoms with van der Waals surface area (Å²) in [6, 6.07) is 4.52. The predicted molar refractivity (Wildman–Crippen MR) is 111 cm³/mol. The number of anilines is 1. The van der Waals surface area contributed by atoms with E-state index >= 15 is 0 Å². The number of aryl methyl sites for hydroxylation is 1. The zero-order valence-corrected chi connectivity index (χ0v) is 17.2. The van der Waals surface area contributed by atoms with Crippen molar-refractivity contribution >= 4 is 28.7 Å². The molecule has 0 saturated carbocycles. The molecule has 29 heavy (non-hydrogen) atoms. The first-order valence-electron chi connectivity index (χ1n) is 9.82. The fourth-order valence-corrected chi connectivity index (χ4v) is 4.18. The van der Waals surface area contributed by atoms with Gasteiger partial charge in [0.1, 0.15) is 5.82 Å². The van der Waals surface area contributed by atoms with Crippen LogP contribution in [0.5, 0.6) is 0 Å². The van der Waals surface area contributed by atoms with Gasteiger partial charge < -0.3 is 4.90 Å². The highest BCUT2D eigenvalue weighted by atomic mass is 35.5. The molecule has 1 aliphatic heterocycles. The fraction of sp³-hybridized carbons (Fsp3) is 0.450. The lowest BCUT2D eigenvalue weighted by atomic mass is 10.1. The van der Waals surface area contributed by atoms with Crippen LogP contribution >= 0.6 is 11.6 Å². The molecule has 0 atom stereocenters. The Labute approximate surface area is 171 Å². The summed E-state index contributed by atoms with van der Waals surface area (Å²) >= 11 is 6.26. The summed E-state index contributed by atoms with van der Waals surface area (Å²) in [5, 5.41) is 0.289. The third-order valence-corrected chi connectivity index (χ3v) is 5.90. The summed E-state index contributed by atoms with van der Waals surface area (Å²) in [5.41, 5.74) is 0.0483. The van der Waals surface area contributed by atoms with Crippen molar-refractivity contribution in [1.29, 1.82) is 0 Å². The SMILES string of the molecule is CCn1c(=O)n(C)c(=O)c2c1nc(N1CCCCC1)n2Cc1c(F)cccc1Cl. The highest BCUT2D eigenvalue weighted by Crippen LogP contribution is 2.27. The molecule has 0 amide bonds. The Hall–Kier alpha value is -2.61. The number of hydrogen-bond acceptors (Lipinski definition) is 4. The third kappa shape index (κ3) is 3.25. The molecule has 4 rings (SSSR count). The van der Waals surface area contributed by atoms with Gasteiger partial charge in [-0.05, 0) is 38.3 Å². The van der Waals surface area contributed by atoms with Gasteiger partial charge in [-0.15, -0.1) is 0 Å². The van der Waals surface area contributed by atoms with E-state index in [1.165, 1.54) is 17.7 Å². The first-order chi connectivity index (χ1) is 13.9. The van der Waals surface area contributed by atoms with E-state index in [-0.39, 0.29) is 17.1 Å². The van der Waals surface area contributed by atoms with Gasteiger partial charge in [0.2, 0.25) is 5.95 Å². The minimum atomic E-state index is -0.446. The molecule has 0 spiro atoms. The monoisotopic (exact) mass is 419 g/mol. The Kier molecular flexibility index (Phi) is 5.21. The van der Waals surface area contributed by atoms with Crippen molar-refractivity contribution in [3.05, 3.63) is 55.4 Å². The van der Waals surface area contributed by atoms with E-state index in [0.29, 0.717) is 23.7 Å². The largest absolute Gasteiger partial charge is 0.342 e. The van der Waals surface area contributed by atoms with E-state index in [9.17, 15) is 14.0 Å². The van der Waals surface area contributed by atoms with E-state index in [1.54, 1.807) is 16.7 Å². The normalized spacial score (nSPS) is 14.7. The second-order valence-electron chi connectivity index (χ2n) is 7.31. The molecule has 3 heterocycles. The zero-order valence-electron chi connectivity index (χ0n) is 16.5. The molecule has 0 radical (unpaired) electrons. The highest BCUT2D eigenvalue weighted by Gasteiger charge is 2.25. The van der Waals surface area contributed by atoms with Gasteiger partial charge in [0, 0.05) is 37.3 Å². The maximum atomic E-state index is 14.5. The standard InChI is InChI=1S/C20H23ClFN5O2/c1-3-26-17-16(18(28)24(2)20(26)29)27(12-13-14(21)8-7-9-15(13)22)19(23-17)25-10-5-4-6-11-25/h7-9H,3-6,10-12H2,1-2H3. The van der Waals surface area contributed by atoms with Gasteiger partial charge in [0.05, 0.1) is 6.54 Å². The second kappa shape index (κ2) is 7.67. The van der Waals surface area contributed by atoms with Gasteiger partial charge in [0.15, 0.2) is 11.2 Å². The number of aromatic nitrogens is 4. The van der Waals surface area contributed by atoms with Gasteiger partial charge >= 0.3 is 5.69 Å². The van der Waals surface area contributed by atoms with Crippen molar-refractivity contribution < 1.29 is 4.39 Å².